The van der Waals surface area contributed by atoms with E-state index in [0.717, 1.165) is 9.39 Å². The first kappa shape index (κ1) is 10.4. The van der Waals surface area contributed by atoms with Crippen molar-refractivity contribution in [3.63, 3.8) is 0 Å². The Morgan fingerprint density at radius 2 is 2.23 bits per heavy atom. The van der Waals surface area contributed by atoms with Gasteiger partial charge in [-0.15, -0.1) is 0 Å². The lowest BCUT2D eigenvalue weighted by Crippen LogP contribution is -1.96. The fourth-order valence-corrected chi connectivity index (χ4v) is 1.24. The molecule has 0 bridgehead atoms. The second-order valence-electron chi connectivity index (χ2n) is 2.81. The predicted molar refractivity (Wildman–Crippen MR) is 60.6 cm³/mol. The molecule has 0 unspecified atom stereocenters. The number of allylic oxidation sites excluding steroid dienone is 1. The molecule has 0 fully saturated rings. The number of hydrogen-bond acceptors (Lipinski definition) is 3. The largest absolute Gasteiger partial charge is 0.479 e. The van der Waals surface area contributed by atoms with E-state index < -0.39 is 0 Å². The number of aromatic nitrogens is 2. The van der Waals surface area contributed by atoms with Gasteiger partial charge in [0.2, 0.25) is 5.88 Å². The highest BCUT2D eigenvalue weighted by atomic mass is 127. The van der Waals surface area contributed by atoms with E-state index in [0.29, 0.717) is 5.88 Å². The maximum Gasteiger partial charge on any atom is 0.240 e. The highest BCUT2D eigenvalue weighted by molar-refractivity contribution is 14.1. The van der Waals surface area contributed by atoms with Gasteiger partial charge in [-0.3, -0.25) is 0 Å². The highest BCUT2D eigenvalue weighted by Crippen LogP contribution is 2.16. The molecular formula is C9H11IN2O. The quantitative estimate of drug-likeness (QED) is 0.785. The van der Waals surface area contributed by atoms with Gasteiger partial charge in [-0.25, -0.2) is 9.97 Å². The van der Waals surface area contributed by atoms with Gasteiger partial charge in [0.25, 0.3) is 0 Å². The van der Waals surface area contributed by atoms with Crippen molar-refractivity contribution in [1.82, 2.24) is 9.97 Å². The molecule has 0 N–H and O–H groups in total. The molecule has 0 aliphatic carbocycles. The lowest BCUT2D eigenvalue weighted by Gasteiger charge is -2.02. The zero-order valence-electron chi connectivity index (χ0n) is 7.84. The zero-order chi connectivity index (χ0) is 9.84. The maximum absolute atomic E-state index is 5.10. The van der Waals surface area contributed by atoms with E-state index in [1.165, 1.54) is 5.57 Å². The summed E-state index contributed by atoms with van der Waals surface area (Å²) in [6.07, 6.45) is 3.67. The van der Waals surface area contributed by atoms with Crippen molar-refractivity contribution in [3.8, 4) is 5.88 Å². The second kappa shape index (κ2) is 4.55. The molecule has 13 heavy (non-hydrogen) atoms. The van der Waals surface area contributed by atoms with Gasteiger partial charge >= 0.3 is 0 Å². The van der Waals surface area contributed by atoms with Crippen molar-refractivity contribution in [1.29, 1.82) is 0 Å². The summed E-state index contributed by atoms with van der Waals surface area (Å²) < 4.78 is 5.94. The molecule has 1 rings (SSSR count). The molecule has 1 heterocycles. The third-order valence-corrected chi connectivity index (χ3v) is 1.88. The SMILES string of the molecule is COc1nc(I)cnc1C=C(C)C. The maximum atomic E-state index is 5.10. The standard InChI is InChI=1S/C9H11IN2O/c1-6(2)4-7-9(13-3)12-8(10)5-11-7/h4-5H,1-3H3. The normalized spacial score (nSPS) is 9.54. The molecule has 4 heteroatoms. The molecule has 70 valence electrons. The van der Waals surface area contributed by atoms with Crippen LogP contribution < -0.4 is 4.74 Å². The third-order valence-electron chi connectivity index (χ3n) is 1.36. The Hall–Kier alpha value is -0.650. The molecule has 0 amide bonds. The van der Waals surface area contributed by atoms with Crippen LogP contribution in [0.3, 0.4) is 0 Å². The molecule has 0 atom stereocenters. The molecule has 0 saturated heterocycles. The van der Waals surface area contributed by atoms with Crippen molar-refractivity contribution in [2.75, 3.05) is 7.11 Å². The molecule has 0 aromatic carbocycles. The van der Waals surface area contributed by atoms with E-state index in [2.05, 4.69) is 32.6 Å². The molecule has 1 aromatic heterocycles. The summed E-state index contributed by atoms with van der Waals surface area (Å²) in [5.74, 6) is 0.577. The first-order valence-electron chi connectivity index (χ1n) is 3.85. The van der Waals surface area contributed by atoms with E-state index in [1.54, 1.807) is 13.3 Å². The van der Waals surface area contributed by atoms with Crippen LogP contribution in [0.5, 0.6) is 5.88 Å². The summed E-state index contributed by atoms with van der Waals surface area (Å²) in [6, 6.07) is 0. The minimum absolute atomic E-state index is 0.577. The molecule has 1 aromatic rings. The van der Waals surface area contributed by atoms with Crippen molar-refractivity contribution in [3.05, 3.63) is 21.2 Å². The Morgan fingerprint density at radius 3 is 2.77 bits per heavy atom. The van der Waals surface area contributed by atoms with E-state index in [9.17, 15) is 0 Å². The van der Waals surface area contributed by atoms with Crippen LogP contribution in [0.25, 0.3) is 6.08 Å². The summed E-state index contributed by atoms with van der Waals surface area (Å²) in [7, 11) is 1.60. The average Bonchev–Trinajstić information content (AvgIpc) is 2.07. The van der Waals surface area contributed by atoms with E-state index in [4.69, 9.17) is 4.74 Å². The molecule has 0 aliphatic heterocycles. The van der Waals surface area contributed by atoms with E-state index in [1.807, 2.05) is 19.9 Å². The fraction of sp³-hybridized carbons (Fsp3) is 0.333. The Balaban J connectivity index is 3.14. The second-order valence-corrected chi connectivity index (χ2v) is 3.91. The lowest BCUT2D eigenvalue weighted by molar-refractivity contribution is 0.393. The molecule has 0 radical (unpaired) electrons. The van der Waals surface area contributed by atoms with Crippen molar-refractivity contribution in [2.24, 2.45) is 0 Å². The van der Waals surface area contributed by atoms with Gasteiger partial charge in [0.05, 0.1) is 13.3 Å². The molecule has 0 aliphatic rings. The Morgan fingerprint density at radius 1 is 1.54 bits per heavy atom. The Kier molecular flexibility index (Phi) is 3.65. The van der Waals surface area contributed by atoms with Crippen LogP contribution in [0.15, 0.2) is 11.8 Å². The van der Waals surface area contributed by atoms with Crippen LogP contribution in [0, 0.1) is 3.70 Å². The van der Waals surface area contributed by atoms with Crippen LogP contribution in [-0.2, 0) is 0 Å². The van der Waals surface area contributed by atoms with Gasteiger partial charge in [-0.2, -0.15) is 0 Å². The number of hydrogen-bond donors (Lipinski definition) is 0. The van der Waals surface area contributed by atoms with Gasteiger partial charge in [-0.05, 0) is 42.5 Å². The first-order valence-corrected chi connectivity index (χ1v) is 4.93. The van der Waals surface area contributed by atoms with Gasteiger partial charge in [0.15, 0.2) is 0 Å². The van der Waals surface area contributed by atoms with Crippen LogP contribution in [-0.4, -0.2) is 17.1 Å². The smallest absolute Gasteiger partial charge is 0.240 e. The summed E-state index contributed by atoms with van der Waals surface area (Å²) in [5, 5.41) is 0. The molecule has 0 spiro atoms. The summed E-state index contributed by atoms with van der Waals surface area (Å²) in [6.45, 7) is 4.03. The van der Waals surface area contributed by atoms with Crippen molar-refractivity contribution >= 4 is 28.7 Å². The van der Waals surface area contributed by atoms with Gasteiger partial charge in [0, 0.05) is 0 Å². The number of methoxy groups -OCH3 is 1. The topological polar surface area (TPSA) is 35.0 Å². The Labute approximate surface area is 91.4 Å². The van der Waals surface area contributed by atoms with E-state index >= 15 is 0 Å². The monoisotopic (exact) mass is 290 g/mol. The predicted octanol–water partition coefficient (Wildman–Crippen LogP) is 2.51. The Bertz CT molecular complexity index is 332. The van der Waals surface area contributed by atoms with Gasteiger partial charge in [-0.1, -0.05) is 5.57 Å². The summed E-state index contributed by atoms with van der Waals surface area (Å²) in [4.78, 5) is 8.42. The molecular weight excluding hydrogens is 279 g/mol. The van der Waals surface area contributed by atoms with Crippen LogP contribution >= 0.6 is 22.6 Å². The lowest BCUT2D eigenvalue weighted by atomic mass is 10.3. The van der Waals surface area contributed by atoms with Crippen LogP contribution in [0.1, 0.15) is 19.5 Å². The van der Waals surface area contributed by atoms with Crippen molar-refractivity contribution < 1.29 is 4.74 Å². The molecule has 0 saturated carbocycles. The number of nitrogens with zero attached hydrogens (tertiary/aromatic N) is 2. The van der Waals surface area contributed by atoms with Crippen LogP contribution in [0.4, 0.5) is 0 Å². The van der Waals surface area contributed by atoms with Gasteiger partial charge in [0.1, 0.15) is 9.39 Å². The summed E-state index contributed by atoms with van der Waals surface area (Å²) >= 11 is 2.10. The minimum Gasteiger partial charge on any atom is -0.479 e. The van der Waals surface area contributed by atoms with Crippen LogP contribution in [0.2, 0.25) is 0 Å². The number of halogens is 1. The van der Waals surface area contributed by atoms with Gasteiger partial charge < -0.3 is 4.74 Å². The highest BCUT2D eigenvalue weighted by Gasteiger charge is 2.03. The third kappa shape index (κ3) is 2.95. The van der Waals surface area contributed by atoms with Crippen molar-refractivity contribution in [2.45, 2.75) is 13.8 Å². The number of rotatable bonds is 2. The zero-order valence-corrected chi connectivity index (χ0v) is 9.99. The van der Waals surface area contributed by atoms with E-state index in [-0.39, 0.29) is 0 Å². The summed E-state index contributed by atoms with van der Waals surface area (Å²) in [5.41, 5.74) is 1.96. The minimum atomic E-state index is 0.577. The molecule has 3 nitrogen and oxygen atoms in total. The first-order chi connectivity index (χ1) is 6.13. The average molecular weight is 290 g/mol. The fourth-order valence-electron chi connectivity index (χ4n) is 0.884. The number of ether oxygens (including phenoxy) is 1.